The highest BCUT2D eigenvalue weighted by atomic mass is 19.4. The van der Waals surface area contributed by atoms with Crippen LogP contribution >= 0.6 is 0 Å². The summed E-state index contributed by atoms with van der Waals surface area (Å²) in [6.45, 7) is 9.54. The zero-order valence-corrected chi connectivity index (χ0v) is 7.99. The normalized spacial score (nSPS) is 12.5. The molecular weight excluding hydrogens is 177 g/mol. The van der Waals surface area contributed by atoms with Gasteiger partial charge in [0, 0.05) is 0 Å². The van der Waals surface area contributed by atoms with E-state index in [1.54, 1.807) is 19.9 Å². The van der Waals surface area contributed by atoms with Gasteiger partial charge in [-0.1, -0.05) is 23.8 Å². The Kier molecular flexibility index (Phi) is 8.55. The number of hydrogen-bond acceptors (Lipinski definition) is 0. The Morgan fingerprint density at radius 2 is 1.77 bits per heavy atom. The second-order valence-corrected chi connectivity index (χ2v) is 2.25. The maximum Gasteiger partial charge on any atom is 0.392 e. The van der Waals surface area contributed by atoms with Crippen LogP contribution in [0.3, 0.4) is 0 Å². The van der Waals surface area contributed by atoms with Gasteiger partial charge in [-0.15, -0.1) is 13.2 Å². The van der Waals surface area contributed by atoms with Gasteiger partial charge in [-0.2, -0.15) is 13.2 Å². The first-order valence-corrected chi connectivity index (χ1v) is 3.82. The largest absolute Gasteiger partial charge is 0.392 e. The number of hydrogen-bond donors (Lipinski definition) is 0. The highest BCUT2D eigenvalue weighted by molar-refractivity contribution is 5.14. The van der Waals surface area contributed by atoms with Crippen LogP contribution in [-0.2, 0) is 0 Å². The van der Waals surface area contributed by atoms with Crippen molar-refractivity contribution in [3.8, 4) is 0 Å². The first-order valence-electron chi connectivity index (χ1n) is 3.82. The van der Waals surface area contributed by atoms with Crippen molar-refractivity contribution in [3.05, 3.63) is 37.0 Å². The molecule has 0 fully saturated rings. The van der Waals surface area contributed by atoms with E-state index in [-0.39, 0.29) is 0 Å². The fourth-order valence-corrected chi connectivity index (χ4v) is 0.475. The van der Waals surface area contributed by atoms with Gasteiger partial charge in [0.15, 0.2) is 0 Å². The van der Waals surface area contributed by atoms with Crippen LogP contribution in [0, 0.1) is 0 Å². The molecule has 0 radical (unpaired) electrons. The smallest absolute Gasteiger partial charge is 0.171 e. The van der Waals surface area contributed by atoms with E-state index in [1.165, 1.54) is 6.08 Å². The van der Waals surface area contributed by atoms with Crippen LogP contribution in [0.15, 0.2) is 37.0 Å². The van der Waals surface area contributed by atoms with Crippen molar-refractivity contribution >= 4 is 0 Å². The predicted octanol–water partition coefficient (Wildman–Crippen LogP) is 4.26. The van der Waals surface area contributed by atoms with E-state index < -0.39 is 12.6 Å². The maximum atomic E-state index is 11.5. The molecule has 0 aromatic rings. The van der Waals surface area contributed by atoms with Crippen molar-refractivity contribution in [2.45, 2.75) is 26.4 Å². The van der Waals surface area contributed by atoms with Crippen LogP contribution in [0.5, 0.6) is 0 Å². The molecule has 0 aromatic heterocycles. The van der Waals surface area contributed by atoms with E-state index in [0.29, 0.717) is 0 Å². The zero-order valence-electron chi connectivity index (χ0n) is 7.99. The minimum absolute atomic E-state index is 0.842. The molecule has 0 spiro atoms. The van der Waals surface area contributed by atoms with Crippen molar-refractivity contribution in [1.82, 2.24) is 0 Å². The third-order valence-electron chi connectivity index (χ3n) is 1.19. The van der Waals surface area contributed by atoms with Gasteiger partial charge in [-0.25, -0.2) is 0 Å². The van der Waals surface area contributed by atoms with Crippen LogP contribution in [-0.4, -0.2) is 6.18 Å². The summed E-state index contributed by atoms with van der Waals surface area (Å²) >= 11 is 0. The molecule has 0 amide bonds. The predicted molar refractivity (Wildman–Crippen MR) is 50.5 cm³/mol. The Hall–Kier alpha value is -0.990. The number of halogens is 3. The molecule has 0 unspecified atom stereocenters. The van der Waals surface area contributed by atoms with Gasteiger partial charge in [0.05, 0.1) is 6.42 Å². The number of allylic oxidation sites excluding steroid dienone is 4. The van der Waals surface area contributed by atoms with Crippen LogP contribution in [0.2, 0.25) is 0 Å². The molecule has 0 bridgehead atoms. The van der Waals surface area contributed by atoms with Crippen molar-refractivity contribution in [2.75, 3.05) is 0 Å². The lowest BCUT2D eigenvalue weighted by molar-refractivity contribution is -0.125. The van der Waals surface area contributed by atoms with E-state index in [2.05, 4.69) is 13.2 Å². The molecule has 0 saturated carbocycles. The van der Waals surface area contributed by atoms with Crippen LogP contribution in [0.1, 0.15) is 20.3 Å². The second kappa shape index (κ2) is 7.65. The van der Waals surface area contributed by atoms with Crippen molar-refractivity contribution in [2.24, 2.45) is 0 Å². The first-order chi connectivity index (χ1) is 5.95. The second-order valence-electron chi connectivity index (χ2n) is 2.25. The standard InChI is InChI=1S/C8H11F3.C2H4/c1-3-7(2)5-4-6-8(9,10)11;1-2/h3-5H,6H2,1-2H3;1-2H2/b5-4-,7-3-;. The summed E-state index contributed by atoms with van der Waals surface area (Å²) in [6, 6.07) is 0. The molecule has 0 atom stereocenters. The SMILES string of the molecule is C/C=C(C)\C=C/CC(F)(F)F.C=C. The lowest BCUT2D eigenvalue weighted by Gasteiger charge is -1.99. The Bertz CT molecular complexity index is 175. The molecule has 76 valence electrons. The molecular formula is C10H15F3. The van der Waals surface area contributed by atoms with E-state index in [4.69, 9.17) is 0 Å². The van der Waals surface area contributed by atoms with Crippen molar-refractivity contribution in [3.63, 3.8) is 0 Å². The molecule has 13 heavy (non-hydrogen) atoms. The third-order valence-corrected chi connectivity index (χ3v) is 1.19. The summed E-state index contributed by atoms with van der Waals surface area (Å²) in [5, 5.41) is 0. The van der Waals surface area contributed by atoms with Crippen LogP contribution in [0.4, 0.5) is 13.2 Å². The fourth-order valence-electron chi connectivity index (χ4n) is 0.475. The van der Waals surface area contributed by atoms with Gasteiger partial charge in [0.25, 0.3) is 0 Å². The monoisotopic (exact) mass is 192 g/mol. The van der Waals surface area contributed by atoms with Crippen LogP contribution < -0.4 is 0 Å². The van der Waals surface area contributed by atoms with Crippen molar-refractivity contribution in [1.29, 1.82) is 0 Å². The van der Waals surface area contributed by atoms with E-state index in [9.17, 15) is 13.2 Å². The molecule has 3 heteroatoms. The van der Waals surface area contributed by atoms with Gasteiger partial charge >= 0.3 is 6.18 Å². The lowest BCUT2D eigenvalue weighted by Crippen LogP contribution is -2.03. The van der Waals surface area contributed by atoms with Crippen LogP contribution in [0.25, 0.3) is 0 Å². The average Bonchev–Trinajstić information content (AvgIpc) is 2.05. The van der Waals surface area contributed by atoms with E-state index in [1.807, 2.05) is 0 Å². The van der Waals surface area contributed by atoms with Gasteiger partial charge < -0.3 is 0 Å². The molecule has 0 aromatic carbocycles. The van der Waals surface area contributed by atoms with E-state index >= 15 is 0 Å². The minimum atomic E-state index is -4.08. The topological polar surface area (TPSA) is 0 Å². The molecule has 0 aliphatic heterocycles. The van der Waals surface area contributed by atoms with Gasteiger partial charge in [-0.05, 0) is 13.8 Å². The lowest BCUT2D eigenvalue weighted by atomic mass is 10.2. The summed E-state index contributed by atoms with van der Waals surface area (Å²) in [5.74, 6) is 0. The molecule has 0 rings (SSSR count). The third kappa shape index (κ3) is 13.9. The Morgan fingerprint density at radius 3 is 2.08 bits per heavy atom. The Balaban J connectivity index is 0. The molecule has 0 heterocycles. The average molecular weight is 192 g/mol. The zero-order chi connectivity index (χ0) is 10.9. The first kappa shape index (κ1) is 14.5. The van der Waals surface area contributed by atoms with Crippen molar-refractivity contribution < 1.29 is 13.2 Å². The molecule has 0 N–H and O–H groups in total. The maximum absolute atomic E-state index is 11.5. The number of alkyl halides is 3. The fraction of sp³-hybridized carbons (Fsp3) is 0.400. The van der Waals surface area contributed by atoms with Gasteiger partial charge in [0.1, 0.15) is 0 Å². The summed E-state index contributed by atoms with van der Waals surface area (Å²) < 4.78 is 34.6. The van der Waals surface area contributed by atoms with Gasteiger partial charge in [-0.3, -0.25) is 0 Å². The Morgan fingerprint density at radius 1 is 1.31 bits per heavy atom. The molecule has 0 saturated heterocycles. The Labute approximate surface area is 77.5 Å². The highest BCUT2D eigenvalue weighted by Crippen LogP contribution is 2.19. The number of rotatable bonds is 2. The minimum Gasteiger partial charge on any atom is -0.171 e. The molecule has 0 nitrogen and oxygen atoms in total. The summed E-state index contributed by atoms with van der Waals surface area (Å²) in [6.07, 6.45) is -0.585. The highest BCUT2D eigenvalue weighted by Gasteiger charge is 2.24. The molecule has 0 aliphatic carbocycles. The quantitative estimate of drug-likeness (QED) is 0.453. The molecule has 0 aliphatic rings. The summed E-state index contributed by atoms with van der Waals surface area (Å²) in [5.41, 5.74) is 0.842. The summed E-state index contributed by atoms with van der Waals surface area (Å²) in [4.78, 5) is 0. The van der Waals surface area contributed by atoms with Gasteiger partial charge in [0.2, 0.25) is 0 Å². The summed E-state index contributed by atoms with van der Waals surface area (Å²) in [7, 11) is 0. The van der Waals surface area contributed by atoms with E-state index in [0.717, 1.165) is 11.6 Å².